The molecule has 1 atom stereocenters. The van der Waals surface area contributed by atoms with Gasteiger partial charge in [0.05, 0.1) is 0 Å². The van der Waals surface area contributed by atoms with Crippen molar-refractivity contribution >= 4 is 11.6 Å². The van der Waals surface area contributed by atoms with E-state index in [1.54, 1.807) is 0 Å². The summed E-state index contributed by atoms with van der Waals surface area (Å²) in [5.41, 5.74) is 1.81. The van der Waals surface area contributed by atoms with Gasteiger partial charge in [-0.25, -0.2) is 0 Å². The molecule has 0 spiro atoms. The van der Waals surface area contributed by atoms with Crippen molar-refractivity contribution < 1.29 is 4.79 Å². The van der Waals surface area contributed by atoms with Gasteiger partial charge in [-0.15, -0.1) is 0 Å². The number of rotatable bonds is 4. The number of anilines is 1. The van der Waals surface area contributed by atoms with Crippen LogP contribution < -0.4 is 10.2 Å². The number of nitrogens with zero attached hydrogens (tertiary/aromatic N) is 3. The smallest absolute Gasteiger partial charge is 0.251 e. The lowest BCUT2D eigenvalue weighted by atomic mass is 9.98. The van der Waals surface area contributed by atoms with Gasteiger partial charge in [-0.1, -0.05) is 6.07 Å². The highest BCUT2D eigenvalue weighted by molar-refractivity contribution is 5.95. The van der Waals surface area contributed by atoms with Gasteiger partial charge in [0, 0.05) is 44.0 Å². The van der Waals surface area contributed by atoms with Crippen molar-refractivity contribution in [3.63, 3.8) is 0 Å². The Morgan fingerprint density at radius 1 is 1.16 bits per heavy atom. The topological polar surface area (TPSA) is 38.8 Å². The molecule has 0 bridgehead atoms. The minimum Gasteiger partial charge on any atom is -0.378 e. The van der Waals surface area contributed by atoms with E-state index in [4.69, 9.17) is 0 Å². The minimum atomic E-state index is 0.0546. The largest absolute Gasteiger partial charge is 0.378 e. The molecule has 138 valence electrons. The first-order chi connectivity index (χ1) is 12.0. The van der Waals surface area contributed by atoms with Crippen LogP contribution in [0.15, 0.2) is 24.3 Å². The molecular weight excluding hydrogens is 312 g/mol. The quantitative estimate of drug-likeness (QED) is 0.907. The molecule has 0 saturated carbocycles. The number of piperidine rings is 2. The summed E-state index contributed by atoms with van der Waals surface area (Å²) in [7, 11) is 6.20. The number of nitrogens with one attached hydrogen (secondary N) is 1. The highest BCUT2D eigenvalue weighted by atomic mass is 16.1. The summed E-state index contributed by atoms with van der Waals surface area (Å²) in [5.74, 6) is 0.0546. The van der Waals surface area contributed by atoms with Gasteiger partial charge in [0.15, 0.2) is 0 Å². The summed E-state index contributed by atoms with van der Waals surface area (Å²) in [6.07, 6.45) is 4.77. The first kappa shape index (κ1) is 18.2. The third-order valence-electron chi connectivity index (χ3n) is 5.62. The van der Waals surface area contributed by atoms with E-state index in [0.717, 1.165) is 24.2 Å². The van der Waals surface area contributed by atoms with Crippen LogP contribution in [-0.2, 0) is 0 Å². The fourth-order valence-corrected chi connectivity index (χ4v) is 4.01. The van der Waals surface area contributed by atoms with Crippen LogP contribution in [0.25, 0.3) is 0 Å². The van der Waals surface area contributed by atoms with E-state index in [1.807, 2.05) is 43.3 Å². The molecule has 2 fully saturated rings. The molecule has 2 heterocycles. The Morgan fingerprint density at radius 3 is 2.64 bits per heavy atom. The third kappa shape index (κ3) is 4.73. The maximum absolute atomic E-state index is 12.7. The molecule has 2 aliphatic heterocycles. The Kier molecular flexibility index (Phi) is 5.97. The summed E-state index contributed by atoms with van der Waals surface area (Å²) >= 11 is 0. The summed E-state index contributed by atoms with van der Waals surface area (Å²) in [5, 5.41) is 3.27. The molecule has 3 rings (SSSR count). The zero-order chi connectivity index (χ0) is 17.8. The average molecular weight is 345 g/mol. The molecule has 5 nitrogen and oxygen atoms in total. The van der Waals surface area contributed by atoms with Gasteiger partial charge < -0.3 is 15.1 Å². The standard InChI is InChI=1S/C20H32N4O/c1-22(2)19-8-4-6-16(14-19)20(25)21-17-7-5-11-24(15-17)18-9-12-23(3)13-10-18/h4,6,8,14,17-18H,5,7,9-13,15H2,1-3H3,(H,21,25)/t17-/m0/s1. The molecule has 0 unspecified atom stereocenters. The average Bonchev–Trinajstić information content (AvgIpc) is 2.62. The summed E-state index contributed by atoms with van der Waals surface area (Å²) < 4.78 is 0. The molecule has 0 aromatic heterocycles. The highest BCUT2D eigenvalue weighted by Gasteiger charge is 2.28. The number of benzene rings is 1. The van der Waals surface area contributed by atoms with Crippen molar-refractivity contribution in [3.05, 3.63) is 29.8 Å². The maximum atomic E-state index is 12.7. The SMILES string of the molecule is CN1CCC(N2CCC[C@H](NC(=O)c3cccc(N(C)C)c3)C2)CC1. The summed E-state index contributed by atoms with van der Waals surface area (Å²) in [6.45, 7) is 4.55. The highest BCUT2D eigenvalue weighted by Crippen LogP contribution is 2.21. The van der Waals surface area contributed by atoms with Crippen LogP contribution in [0.2, 0.25) is 0 Å². The molecule has 0 radical (unpaired) electrons. The molecule has 25 heavy (non-hydrogen) atoms. The second kappa shape index (κ2) is 8.19. The molecule has 1 amide bonds. The number of carbonyl (C=O) groups is 1. The van der Waals surface area contributed by atoms with E-state index in [9.17, 15) is 4.79 Å². The van der Waals surface area contributed by atoms with E-state index in [2.05, 4.69) is 22.2 Å². The molecule has 2 aliphatic rings. The second-order valence-corrected chi connectivity index (χ2v) is 7.79. The van der Waals surface area contributed by atoms with Crippen LogP contribution in [0.1, 0.15) is 36.0 Å². The molecule has 1 N–H and O–H groups in total. The van der Waals surface area contributed by atoms with Crippen molar-refractivity contribution in [2.24, 2.45) is 0 Å². The van der Waals surface area contributed by atoms with Gasteiger partial charge >= 0.3 is 0 Å². The predicted molar refractivity (Wildman–Crippen MR) is 103 cm³/mol. The van der Waals surface area contributed by atoms with Crippen molar-refractivity contribution in [2.45, 2.75) is 37.8 Å². The van der Waals surface area contributed by atoms with Crippen LogP contribution in [-0.4, -0.2) is 75.1 Å². The molecule has 1 aromatic carbocycles. The zero-order valence-corrected chi connectivity index (χ0v) is 15.9. The second-order valence-electron chi connectivity index (χ2n) is 7.79. The Hall–Kier alpha value is -1.59. The molecular formula is C20H32N4O. The lowest BCUT2D eigenvalue weighted by Crippen LogP contribution is -2.53. The number of hydrogen-bond donors (Lipinski definition) is 1. The number of hydrogen-bond acceptors (Lipinski definition) is 4. The van der Waals surface area contributed by atoms with Crippen molar-refractivity contribution in [1.82, 2.24) is 15.1 Å². The number of amides is 1. The maximum Gasteiger partial charge on any atom is 0.251 e. The van der Waals surface area contributed by atoms with Gasteiger partial charge in [-0.2, -0.15) is 0 Å². The lowest BCUT2D eigenvalue weighted by Gasteiger charge is -2.41. The van der Waals surface area contributed by atoms with Crippen LogP contribution in [0.5, 0.6) is 0 Å². The van der Waals surface area contributed by atoms with E-state index in [0.29, 0.717) is 6.04 Å². The first-order valence-electron chi connectivity index (χ1n) is 9.54. The zero-order valence-electron chi connectivity index (χ0n) is 15.9. The van der Waals surface area contributed by atoms with Gasteiger partial charge in [-0.3, -0.25) is 9.69 Å². The Bertz CT molecular complexity index is 581. The lowest BCUT2D eigenvalue weighted by molar-refractivity contribution is 0.0766. The molecule has 5 heteroatoms. The van der Waals surface area contributed by atoms with Crippen LogP contribution >= 0.6 is 0 Å². The Morgan fingerprint density at radius 2 is 1.92 bits per heavy atom. The Labute approximate surface area is 152 Å². The summed E-state index contributed by atoms with van der Waals surface area (Å²) in [4.78, 5) is 19.7. The summed E-state index contributed by atoms with van der Waals surface area (Å²) in [6, 6.07) is 8.80. The van der Waals surface area contributed by atoms with Crippen molar-refractivity contribution in [3.8, 4) is 0 Å². The molecule has 0 aliphatic carbocycles. The monoisotopic (exact) mass is 344 g/mol. The minimum absolute atomic E-state index is 0.0546. The van der Waals surface area contributed by atoms with E-state index in [1.165, 1.54) is 38.9 Å². The molecule has 2 saturated heterocycles. The number of carbonyl (C=O) groups excluding carboxylic acids is 1. The normalized spacial score (nSPS) is 23.4. The van der Waals surface area contributed by atoms with Crippen LogP contribution in [0.3, 0.4) is 0 Å². The van der Waals surface area contributed by atoms with Gasteiger partial charge in [0.2, 0.25) is 0 Å². The van der Waals surface area contributed by atoms with Crippen LogP contribution in [0.4, 0.5) is 5.69 Å². The third-order valence-corrected chi connectivity index (χ3v) is 5.62. The van der Waals surface area contributed by atoms with Crippen molar-refractivity contribution in [2.75, 3.05) is 52.2 Å². The van der Waals surface area contributed by atoms with Gasteiger partial charge in [0.1, 0.15) is 0 Å². The van der Waals surface area contributed by atoms with E-state index in [-0.39, 0.29) is 11.9 Å². The predicted octanol–water partition coefficient (Wildman–Crippen LogP) is 2.04. The fraction of sp³-hybridized carbons (Fsp3) is 0.650. The first-order valence-corrected chi connectivity index (χ1v) is 9.54. The Balaban J connectivity index is 1.57. The van der Waals surface area contributed by atoms with E-state index >= 15 is 0 Å². The fourth-order valence-electron chi connectivity index (χ4n) is 4.01. The van der Waals surface area contributed by atoms with Gasteiger partial charge in [0.25, 0.3) is 5.91 Å². The van der Waals surface area contributed by atoms with Crippen molar-refractivity contribution in [1.29, 1.82) is 0 Å². The van der Waals surface area contributed by atoms with Crippen LogP contribution in [0, 0.1) is 0 Å². The van der Waals surface area contributed by atoms with E-state index < -0.39 is 0 Å². The van der Waals surface area contributed by atoms with Gasteiger partial charge in [-0.05, 0) is 70.6 Å². The number of likely N-dealkylation sites (tertiary alicyclic amines) is 2. The molecule has 1 aromatic rings.